The van der Waals surface area contributed by atoms with Gasteiger partial charge in [0, 0.05) is 26.2 Å². The molecule has 1 heterocycles. The standard InChI is InChI=1S/C17H22N2O/c1-17(13-20,19-11-9-18-10-12-19)16-8-4-6-14-5-2-3-7-15(14)16/h2-8,18,20H,9-13H2,1H3. The van der Waals surface area contributed by atoms with Gasteiger partial charge in [0.25, 0.3) is 0 Å². The van der Waals surface area contributed by atoms with Gasteiger partial charge in [0.2, 0.25) is 0 Å². The molecule has 0 aliphatic carbocycles. The van der Waals surface area contributed by atoms with E-state index >= 15 is 0 Å². The van der Waals surface area contributed by atoms with E-state index in [4.69, 9.17) is 0 Å². The molecule has 1 atom stereocenters. The molecule has 106 valence electrons. The number of aliphatic hydroxyl groups excluding tert-OH is 1. The zero-order chi connectivity index (χ0) is 14.0. The molecule has 2 aromatic carbocycles. The number of fused-ring (bicyclic) bond motifs is 1. The molecule has 0 saturated carbocycles. The van der Waals surface area contributed by atoms with E-state index in [1.165, 1.54) is 16.3 Å². The lowest BCUT2D eigenvalue weighted by molar-refractivity contribution is 0.0322. The van der Waals surface area contributed by atoms with Gasteiger partial charge in [0.15, 0.2) is 0 Å². The summed E-state index contributed by atoms with van der Waals surface area (Å²) in [6, 6.07) is 14.8. The van der Waals surface area contributed by atoms with Crippen LogP contribution in [0.15, 0.2) is 42.5 Å². The van der Waals surface area contributed by atoms with Gasteiger partial charge in [-0.25, -0.2) is 0 Å². The maximum Gasteiger partial charge on any atom is 0.0672 e. The Morgan fingerprint density at radius 1 is 1.10 bits per heavy atom. The fourth-order valence-corrected chi connectivity index (χ4v) is 3.21. The highest BCUT2D eigenvalue weighted by Crippen LogP contribution is 2.33. The molecule has 20 heavy (non-hydrogen) atoms. The Hall–Kier alpha value is -1.42. The van der Waals surface area contributed by atoms with Crippen LogP contribution in [0.1, 0.15) is 12.5 Å². The fourth-order valence-electron chi connectivity index (χ4n) is 3.21. The summed E-state index contributed by atoms with van der Waals surface area (Å²) in [5.41, 5.74) is 0.906. The van der Waals surface area contributed by atoms with Crippen molar-refractivity contribution >= 4 is 10.8 Å². The van der Waals surface area contributed by atoms with Gasteiger partial charge in [-0.2, -0.15) is 0 Å². The molecule has 0 aromatic heterocycles. The van der Waals surface area contributed by atoms with Crippen molar-refractivity contribution in [3.05, 3.63) is 48.0 Å². The molecule has 0 amide bonds. The number of nitrogens with one attached hydrogen (secondary N) is 1. The summed E-state index contributed by atoms with van der Waals surface area (Å²) in [4.78, 5) is 2.39. The molecule has 1 saturated heterocycles. The first kappa shape index (κ1) is 13.6. The van der Waals surface area contributed by atoms with E-state index in [2.05, 4.69) is 59.6 Å². The topological polar surface area (TPSA) is 35.5 Å². The van der Waals surface area contributed by atoms with Crippen LogP contribution in [0.25, 0.3) is 10.8 Å². The van der Waals surface area contributed by atoms with Crippen LogP contribution in [0.3, 0.4) is 0 Å². The van der Waals surface area contributed by atoms with Crippen molar-refractivity contribution in [3.8, 4) is 0 Å². The van der Waals surface area contributed by atoms with Gasteiger partial charge >= 0.3 is 0 Å². The van der Waals surface area contributed by atoms with Crippen LogP contribution in [0, 0.1) is 0 Å². The van der Waals surface area contributed by atoms with Gasteiger partial charge in [-0.15, -0.1) is 0 Å². The van der Waals surface area contributed by atoms with Crippen molar-refractivity contribution in [3.63, 3.8) is 0 Å². The summed E-state index contributed by atoms with van der Waals surface area (Å²) in [6.07, 6.45) is 0. The van der Waals surface area contributed by atoms with Crippen LogP contribution < -0.4 is 5.32 Å². The van der Waals surface area contributed by atoms with E-state index in [1.54, 1.807) is 0 Å². The highest BCUT2D eigenvalue weighted by molar-refractivity contribution is 5.86. The lowest BCUT2D eigenvalue weighted by Gasteiger charge is -2.43. The Labute approximate surface area is 120 Å². The lowest BCUT2D eigenvalue weighted by atomic mass is 9.86. The third-order valence-corrected chi connectivity index (χ3v) is 4.49. The van der Waals surface area contributed by atoms with Crippen molar-refractivity contribution < 1.29 is 5.11 Å². The Morgan fingerprint density at radius 2 is 1.80 bits per heavy atom. The molecule has 3 rings (SSSR count). The van der Waals surface area contributed by atoms with Crippen molar-refractivity contribution in [2.45, 2.75) is 12.5 Å². The number of hydrogen-bond acceptors (Lipinski definition) is 3. The summed E-state index contributed by atoms with van der Waals surface area (Å²) in [6.45, 7) is 6.21. The van der Waals surface area contributed by atoms with Gasteiger partial charge in [0.1, 0.15) is 0 Å². The number of rotatable bonds is 3. The third kappa shape index (κ3) is 2.22. The van der Waals surface area contributed by atoms with Crippen LogP contribution in [0.5, 0.6) is 0 Å². The van der Waals surface area contributed by atoms with Crippen LogP contribution in [-0.4, -0.2) is 42.8 Å². The zero-order valence-corrected chi connectivity index (χ0v) is 12.0. The third-order valence-electron chi connectivity index (χ3n) is 4.49. The molecule has 2 aromatic rings. The van der Waals surface area contributed by atoms with E-state index in [0.29, 0.717) is 0 Å². The lowest BCUT2D eigenvalue weighted by Crippen LogP contribution is -2.54. The SMILES string of the molecule is CC(CO)(c1cccc2ccccc12)N1CCNCC1. The van der Waals surface area contributed by atoms with E-state index in [-0.39, 0.29) is 12.1 Å². The molecule has 1 aliphatic rings. The molecule has 0 spiro atoms. The maximum atomic E-state index is 10.1. The Kier molecular flexibility index (Phi) is 3.74. The monoisotopic (exact) mass is 270 g/mol. The van der Waals surface area contributed by atoms with Crippen LogP contribution in [0.4, 0.5) is 0 Å². The minimum Gasteiger partial charge on any atom is -0.394 e. The van der Waals surface area contributed by atoms with Crippen LogP contribution in [0.2, 0.25) is 0 Å². The Bertz CT molecular complexity index is 587. The van der Waals surface area contributed by atoms with Crippen LogP contribution in [-0.2, 0) is 5.54 Å². The first-order valence-corrected chi connectivity index (χ1v) is 7.30. The normalized spacial score (nSPS) is 19.9. The maximum absolute atomic E-state index is 10.1. The largest absolute Gasteiger partial charge is 0.394 e. The minimum absolute atomic E-state index is 0.140. The van der Waals surface area contributed by atoms with Gasteiger partial charge in [-0.3, -0.25) is 4.90 Å². The second-order valence-electron chi connectivity index (χ2n) is 5.70. The molecular weight excluding hydrogens is 248 g/mol. The summed E-state index contributed by atoms with van der Waals surface area (Å²) < 4.78 is 0. The first-order chi connectivity index (χ1) is 9.75. The van der Waals surface area contributed by atoms with E-state index in [0.717, 1.165) is 26.2 Å². The van der Waals surface area contributed by atoms with Crippen LogP contribution >= 0.6 is 0 Å². The van der Waals surface area contributed by atoms with Gasteiger partial charge in [0.05, 0.1) is 12.1 Å². The average molecular weight is 270 g/mol. The first-order valence-electron chi connectivity index (χ1n) is 7.30. The summed E-state index contributed by atoms with van der Waals surface area (Å²) >= 11 is 0. The van der Waals surface area contributed by atoms with Crippen molar-refractivity contribution in [2.75, 3.05) is 32.8 Å². The Balaban J connectivity index is 2.10. The second-order valence-corrected chi connectivity index (χ2v) is 5.70. The van der Waals surface area contributed by atoms with Crippen molar-refractivity contribution in [1.29, 1.82) is 0 Å². The van der Waals surface area contributed by atoms with Crippen molar-refractivity contribution in [2.24, 2.45) is 0 Å². The number of nitrogens with zero attached hydrogens (tertiary/aromatic N) is 1. The fraction of sp³-hybridized carbons (Fsp3) is 0.412. The van der Waals surface area contributed by atoms with E-state index in [1.807, 2.05) is 0 Å². The number of aliphatic hydroxyl groups is 1. The number of piperazine rings is 1. The molecule has 1 unspecified atom stereocenters. The second kappa shape index (κ2) is 5.52. The van der Waals surface area contributed by atoms with Gasteiger partial charge < -0.3 is 10.4 Å². The predicted molar refractivity (Wildman–Crippen MR) is 82.8 cm³/mol. The molecule has 3 nitrogen and oxygen atoms in total. The molecule has 3 heteroatoms. The molecule has 1 aliphatic heterocycles. The summed E-state index contributed by atoms with van der Waals surface area (Å²) in [5.74, 6) is 0. The number of benzene rings is 2. The van der Waals surface area contributed by atoms with E-state index < -0.39 is 0 Å². The Morgan fingerprint density at radius 3 is 2.55 bits per heavy atom. The molecule has 0 radical (unpaired) electrons. The van der Waals surface area contributed by atoms with E-state index in [9.17, 15) is 5.11 Å². The zero-order valence-electron chi connectivity index (χ0n) is 12.0. The minimum atomic E-state index is -0.317. The molecule has 2 N–H and O–H groups in total. The molecule has 0 bridgehead atoms. The summed E-state index contributed by atoms with van der Waals surface area (Å²) in [5, 5.41) is 15.9. The van der Waals surface area contributed by atoms with Gasteiger partial charge in [-0.1, -0.05) is 42.5 Å². The van der Waals surface area contributed by atoms with Crippen molar-refractivity contribution in [1.82, 2.24) is 10.2 Å². The molecular formula is C17H22N2O. The smallest absolute Gasteiger partial charge is 0.0672 e. The molecule has 1 fully saturated rings. The number of hydrogen-bond donors (Lipinski definition) is 2. The highest BCUT2D eigenvalue weighted by atomic mass is 16.3. The predicted octanol–water partition coefficient (Wildman–Crippen LogP) is 1.95. The summed E-state index contributed by atoms with van der Waals surface area (Å²) in [7, 11) is 0. The quantitative estimate of drug-likeness (QED) is 0.895. The highest BCUT2D eigenvalue weighted by Gasteiger charge is 2.34. The van der Waals surface area contributed by atoms with Gasteiger partial charge in [-0.05, 0) is 23.3 Å². The average Bonchev–Trinajstić information content (AvgIpc) is 2.54.